The van der Waals surface area contributed by atoms with Gasteiger partial charge in [0, 0.05) is 12.2 Å². The summed E-state index contributed by atoms with van der Waals surface area (Å²) in [4.78, 5) is 0. The van der Waals surface area contributed by atoms with Crippen LogP contribution in [0.25, 0.3) is 0 Å². The first kappa shape index (κ1) is 12.4. The minimum absolute atomic E-state index is 0.523. The zero-order chi connectivity index (χ0) is 11.6. The Balaban J connectivity index is 2.33. The number of benzene rings is 1. The number of nitriles is 1. The van der Waals surface area contributed by atoms with Crippen molar-refractivity contribution in [3.63, 3.8) is 0 Å². The second-order valence-corrected chi connectivity index (χ2v) is 3.56. The van der Waals surface area contributed by atoms with Gasteiger partial charge in [0.15, 0.2) is 0 Å². The number of nitrogens with one attached hydrogen (secondary N) is 1. The Kier molecular flexibility index (Phi) is 5.87. The smallest absolute Gasteiger partial charge is 0.119 e. The highest BCUT2D eigenvalue weighted by molar-refractivity contribution is 5.46. The quantitative estimate of drug-likeness (QED) is 0.715. The Morgan fingerprint density at radius 2 is 2.06 bits per heavy atom. The fourth-order valence-electron chi connectivity index (χ4n) is 1.27. The predicted molar refractivity (Wildman–Crippen MR) is 65.6 cm³/mol. The van der Waals surface area contributed by atoms with Crippen LogP contribution in [-0.4, -0.2) is 13.2 Å². The highest BCUT2D eigenvalue weighted by Crippen LogP contribution is 2.15. The topological polar surface area (TPSA) is 45.0 Å². The highest BCUT2D eigenvalue weighted by Gasteiger charge is 1.94. The number of hydrogen-bond donors (Lipinski definition) is 1. The first-order valence-electron chi connectivity index (χ1n) is 5.70. The third-order valence-electron chi connectivity index (χ3n) is 2.19. The fourth-order valence-corrected chi connectivity index (χ4v) is 1.27. The summed E-state index contributed by atoms with van der Waals surface area (Å²) in [7, 11) is 0. The van der Waals surface area contributed by atoms with Crippen molar-refractivity contribution in [1.82, 2.24) is 0 Å². The van der Waals surface area contributed by atoms with E-state index in [9.17, 15) is 0 Å². The third kappa shape index (κ3) is 4.70. The molecule has 1 N–H and O–H groups in total. The van der Waals surface area contributed by atoms with Crippen molar-refractivity contribution < 1.29 is 4.74 Å². The average Bonchev–Trinajstić information content (AvgIpc) is 2.32. The lowest BCUT2D eigenvalue weighted by Crippen LogP contribution is -2.00. The molecular formula is C13H18N2O. The summed E-state index contributed by atoms with van der Waals surface area (Å²) in [5.74, 6) is 0.902. The molecule has 0 unspecified atom stereocenters. The summed E-state index contributed by atoms with van der Waals surface area (Å²) in [6.45, 7) is 3.61. The molecule has 0 aliphatic rings. The summed E-state index contributed by atoms with van der Waals surface area (Å²) in [6, 6.07) is 9.94. The Morgan fingerprint density at radius 1 is 1.31 bits per heavy atom. The second-order valence-electron chi connectivity index (χ2n) is 3.56. The van der Waals surface area contributed by atoms with E-state index in [-0.39, 0.29) is 0 Å². The molecule has 0 fully saturated rings. The molecule has 0 bridgehead atoms. The molecule has 0 heterocycles. The maximum atomic E-state index is 8.40. The number of nitrogens with zero attached hydrogens (tertiary/aromatic N) is 1. The van der Waals surface area contributed by atoms with Gasteiger partial charge in [0.05, 0.1) is 19.1 Å². The lowest BCUT2D eigenvalue weighted by Gasteiger charge is -2.07. The maximum Gasteiger partial charge on any atom is 0.119 e. The van der Waals surface area contributed by atoms with E-state index >= 15 is 0 Å². The van der Waals surface area contributed by atoms with Gasteiger partial charge in [-0.15, -0.1) is 0 Å². The summed E-state index contributed by atoms with van der Waals surface area (Å²) in [5.41, 5.74) is 1.03. The fraction of sp³-hybridized carbons (Fsp3) is 0.462. The number of anilines is 1. The van der Waals surface area contributed by atoms with Crippen LogP contribution >= 0.6 is 0 Å². The molecule has 0 amide bonds. The van der Waals surface area contributed by atoms with Gasteiger partial charge in [-0.25, -0.2) is 0 Å². The van der Waals surface area contributed by atoms with Gasteiger partial charge in [0.1, 0.15) is 5.75 Å². The van der Waals surface area contributed by atoms with Crippen LogP contribution in [0, 0.1) is 11.3 Å². The monoisotopic (exact) mass is 218 g/mol. The maximum absolute atomic E-state index is 8.40. The molecule has 3 nitrogen and oxygen atoms in total. The Morgan fingerprint density at radius 3 is 2.69 bits per heavy atom. The lowest BCUT2D eigenvalue weighted by atomic mass is 10.3. The summed E-state index contributed by atoms with van der Waals surface area (Å²) < 4.78 is 5.55. The van der Waals surface area contributed by atoms with Gasteiger partial charge in [0.25, 0.3) is 0 Å². The molecule has 1 aromatic carbocycles. The van der Waals surface area contributed by atoms with E-state index in [4.69, 9.17) is 10.00 Å². The molecule has 0 saturated carbocycles. The molecule has 1 aromatic rings. The van der Waals surface area contributed by atoms with Crippen molar-refractivity contribution in [3.05, 3.63) is 24.3 Å². The molecule has 0 aliphatic heterocycles. The molecular weight excluding hydrogens is 200 g/mol. The molecule has 3 heteroatoms. The lowest BCUT2D eigenvalue weighted by molar-refractivity contribution is 0.309. The van der Waals surface area contributed by atoms with Gasteiger partial charge in [0.2, 0.25) is 0 Å². The first-order valence-corrected chi connectivity index (χ1v) is 5.70. The highest BCUT2D eigenvalue weighted by atomic mass is 16.5. The Bertz CT molecular complexity index is 327. The predicted octanol–water partition coefficient (Wildman–Crippen LogP) is 3.19. The number of hydrogen-bond acceptors (Lipinski definition) is 3. The largest absolute Gasteiger partial charge is 0.494 e. The summed E-state index contributed by atoms with van der Waals surface area (Å²) in [6.07, 6.45) is 2.75. The summed E-state index contributed by atoms with van der Waals surface area (Å²) in [5, 5.41) is 11.6. The summed E-state index contributed by atoms with van der Waals surface area (Å²) >= 11 is 0. The van der Waals surface area contributed by atoms with Crippen LogP contribution in [-0.2, 0) is 0 Å². The van der Waals surface area contributed by atoms with Crippen molar-refractivity contribution in [2.45, 2.75) is 26.2 Å². The molecule has 16 heavy (non-hydrogen) atoms. The minimum Gasteiger partial charge on any atom is -0.494 e. The molecule has 1 rings (SSSR count). The van der Waals surface area contributed by atoms with E-state index in [2.05, 4.69) is 18.3 Å². The van der Waals surface area contributed by atoms with Crippen LogP contribution in [0.1, 0.15) is 26.2 Å². The van der Waals surface area contributed by atoms with Crippen molar-refractivity contribution in [2.24, 2.45) is 0 Å². The van der Waals surface area contributed by atoms with Gasteiger partial charge in [-0.05, 0) is 30.7 Å². The Labute approximate surface area is 97.0 Å². The SMILES string of the molecule is CCCCOc1ccc(NCCC#N)cc1. The van der Waals surface area contributed by atoms with Crippen molar-refractivity contribution in [2.75, 3.05) is 18.5 Å². The van der Waals surface area contributed by atoms with Crippen LogP contribution in [0.15, 0.2) is 24.3 Å². The number of unbranched alkanes of at least 4 members (excludes halogenated alkanes) is 1. The van der Waals surface area contributed by atoms with E-state index < -0.39 is 0 Å². The van der Waals surface area contributed by atoms with E-state index in [1.807, 2.05) is 24.3 Å². The normalized spacial score (nSPS) is 9.50. The van der Waals surface area contributed by atoms with Gasteiger partial charge in [-0.3, -0.25) is 0 Å². The number of ether oxygens (including phenoxy) is 1. The standard InChI is InChI=1S/C13H18N2O/c1-2-3-11-16-13-7-5-12(6-8-13)15-10-4-9-14/h5-8,15H,2-4,10-11H2,1H3. The minimum atomic E-state index is 0.523. The molecule has 0 aliphatic carbocycles. The van der Waals surface area contributed by atoms with E-state index in [1.165, 1.54) is 0 Å². The van der Waals surface area contributed by atoms with Crippen molar-refractivity contribution >= 4 is 5.69 Å². The zero-order valence-corrected chi connectivity index (χ0v) is 9.70. The van der Waals surface area contributed by atoms with Crippen LogP contribution in [0.5, 0.6) is 5.75 Å². The first-order chi connectivity index (χ1) is 7.86. The van der Waals surface area contributed by atoms with Gasteiger partial charge >= 0.3 is 0 Å². The zero-order valence-electron chi connectivity index (χ0n) is 9.70. The van der Waals surface area contributed by atoms with Gasteiger partial charge in [-0.2, -0.15) is 5.26 Å². The van der Waals surface area contributed by atoms with Crippen molar-refractivity contribution in [1.29, 1.82) is 5.26 Å². The van der Waals surface area contributed by atoms with Crippen molar-refractivity contribution in [3.8, 4) is 11.8 Å². The third-order valence-corrected chi connectivity index (χ3v) is 2.19. The molecule has 0 aromatic heterocycles. The van der Waals surface area contributed by atoms with Gasteiger partial charge < -0.3 is 10.1 Å². The van der Waals surface area contributed by atoms with Crippen LogP contribution in [0.2, 0.25) is 0 Å². The number of rotatable bonds is 7. The van der Waals surface area contributed by atoms with E-state index in [0.717, 1.165) is 30.9 Å². The molecule has 0 saturated heterocycles. The molecule has 0 radical (unpaired) electrons. The second kappa shape index (κ2) is 7.58. The molecule has 86 valence electrons. The molecule has 0 atom stereocenters. The average molecular weight is 218 g/mol. The molecule has 0 spiro atoms. The van der Waals surface area contributed by atoms with E-state index in [0.29, 0.717) is 13.0 Å². The van der Waals surface area contributed by atoms with Crippen LogP contribution in [0.3, 0.4) is 0 Å². The Hall–Kier alpha value is -1.69. The van der Waals surface area contributed by atoms with Crippen LogP contribution in [0.4, 0.5) is 5.69 Å². The van der Waals surface area contributed by atoms with Crippen LogP contribution < -0.4 is 10.1 Å². The van der Waals surface area contributed by atoms with Gasteiger partial charge in [-0.1, -0.05) is 13.3 Å². The van der Waals surface area contributed by atoms with E-state index in [1.54, 1.807) is 0 Å².